The summed E-state index contributed by atoms with van der Waals surface area (Å²) in [6, 6.07) is 0. The highest BCUT2D eigenvalue weighted by Crippen LogP contribution is 2.48. The summed E-state index contributed by atoms with van der Waals surface area (Å²) in [7, 11) is 0. The van der Waals surface area contributed by atoms with Crippen LogP contribution < -0.4 is 0 Å². The van der Waals surface area contributed by atoms with E-state index in [-0.39, 0.29) is 0 Å². The first kappa shape index (κ1) is 10.1. The fraction of sp³-hybridized carbons (Fsp3) is 1.00. The molecule has 0 bridgehead atoms. The smallest absolute Gasteiger partial charge is 0.0321 e. The van der Waals surface area contributed by atoms with Crippen molar-refractivity contribution in [2.75, 3.05) is 0 Å². The lowest BCUT2D eigenvalue weighted by molar-refractivity contribution is 0.0904. The topological polar surface area (TPSA) is 0 Å². The monoisotopic (exact) mass is 168 g/mol. The molecule has 1 aliphatic carbocycles. The number of hydrogen-bond acceptors (Lipinski definition) is 0. The molecule has 72 valence electrons. The Morgan fingerprint density at radius 2 is 1.75 bits per heavy atom. The quantitative estimate of drug-likeness (QED) is 0.573. The van der Waals surface area contributed by atoms with E-state index in [0.717, 1.165) is 0 Å². The molecule has 0 aromatic rings. The average Bonchev–Trinajstić information content (AvgIpc) is 1.83. The molecule has 0 amide bonds. The number of rotatable bonds is 2. The van der Waals surface area contributed by atoms with Gasteiger partial charge in [-0.15, -0.1) is 0 Å². The zero-order chi connectivity index (χ0) is 9.24. The molecule has 0 heterocycles. The maximum absolute atomic E-state index is 2.48. The normalized spacial score (nSPS) is 35.0. The maximum atomic E-state index is 2.48. The van der Waals surface area contributed by atoms with Crippen LogP contribution >= 0.6 is 0 Å². The van der Waals surface area contributed by atoms with Crippen LogP contribution in [-0.2, 0) is 0 Å². The van der Waals surface area contributed by atoms with E-state index in [9.17, 15) is 0 Å². The van der Waals surface area contributed by atoms with Crippen molar-refractivity contribution >= 4 is 0 Å². The Labute approximate surface area is 77.7 Å². The van der Waals surface area contributed by atoms with Gasteiger partial charge in [0.25, 0.3) is 0 Å². The van der Waals surface area contributed by atoms with E-state index < -0.39 is 0 Å². The maximum Gasteiger partial charge on any atom is -0.0321 e. The molecule has 1 fully saturated rings. The van der Waals surface area contributed by atoms with Gasteiger partial charge >= 0.3 is 0 Å². The molecule has 1 saturated carbocycles. The third-order valence-electron chi connectivity index (χ3n) is 3.39. The first-order chi connectivity index (χ1) is 5.47. The minimum atomic E-state index is 0.613. The predicted octanol–water partition coefficient (Wildman–Crippen LogP) is 4.39. The van der Waals surface area contributed by atoms with Gasteiger partial charge in [-0.1, -0.05) is 40.5 Å². The van der Waals surface area contributed by atoms with E-state index >= 15 is 0 Å². The lowest BCUT2D eigenvalue weighted by Crippen LogP contribution is -2.30. The van der Waals surface area contributed by atoms with Crippen molar-refractivity contribution in [3.63, 3.8) is 0 Å². The van der Waals surface area contributed by atoms with Gasteiger partial charge in [-0.2, -0.15) is 0 Å². The van der Waals surface area contributed by atoms with Gasteiger partial charge in [-0.05, 0) is 36.5 Å². The summed E-state index contributed by atoms with van der Waals surface area (Å²) in [4.78, 5) is 0. The molecule has 1 atom stereocenters. The van der Waals surface area contributed by atoms with E-state index in [2.05, 4.69) is 27.7 Å². The molecule has 0 heteroatoms. The predicted molar refractivity (Wildman–Crippen MR) is 55.3 cm³/mol. The largest absolute Gasteiger partial charge is 0.0654 e. The SMILES string of the molecule is CCCC1(C)CCCC(C)(C)C1. The van der Waals surface area contributed by atoms with E-state index in [1.54, 1.807) is 0 Å². The van der Waals surface area contributed by atoms with Gasteiger partial charge in [-0.25, -0.2) is 0 Å². The van der Waals surface area contributed by atoms with Crippen molar-refractivity contribution in [1.82, 2.24) is 0 Å². The Bertz CT molecular complexity index is 142. The van der Waals surface area contributed by atoms with E-state index in [4.69, 9.17) is 0 Å². The molecule has 12 heavy (non-hydrogen) atoms. The molecule has 0 radical (unpaired) electrons. The summed E-state index contributed by atoms with van der Waals surface area (Å²) in [5.74, 6) is 0. The molecule has 0 spiro atoms. The van der Waals surface area contributed by atoms with Gasteiger partial charge in [0.05, 0.1) is 0 Å². The van der Waals surface area contributed by atoms with Crippen LogP contribution in [0.5, 0.6) is 0 Å². The highest BCUT2D eigenvalue weighted by Gasteiger charge is 2.35. The van der Waals surface area contributed by atoms with Gasteiger partial charge < -0.3 is 0 Å². The van der Waals surface area contributed by atoms with Crippen LogP contribution in [0.15, 0.2) is 0 Å². The van der Waals surface area contributed by atoms with Crippen LogP contribution in [0.4, 0.5) is 0 Å². The average molecular weight is 168 g/mol. The van der Waals surface area contributed by atoms with Crippen LogP contribution in [-0.4, -0.2) is 0 Å². The van der Waals surface area contributed by atoms with Crippen molar-refractivity contribution in [3.05, 3.63) is 0 Å². The standard InChI is InChI=1S/C12H24/c1-5-7-12(4)9-6-8-11(2,3)10-12/h5-10H2,1-4H3. The first-order valence-electron chi connectivity index (χ1n) is 5.47. The van der Waals surface area contributed by atoms with E-state index in [0.29, 0.717) is 10.8 Å². The van der Waals surface area contributed by atoms with Gasteiger partial charge in [0, 0.05) is 0 Å². The first-order valence-corrected chi connectivity index (χ1v) is 5.47. The molecule has 0 aliphatic heterocycles. The van der Waals surface area contributed by atoms with E-state index in [1.807, 2.05) is 0 Å². The van der Waals surface area contributed by atoms with Crippen LogP contribution in [0.3, 0.4) is 0 Å². The van der Waals surface area contributed by atoms with Gasteiger partial charge in [0.2, 0.25) is 0 Å². The molecular weight excluding hydrogens is 144 g/mol. The molecule has 0 nitrogen and oxygen atoms in total. The van der Waals surface area contributed by atoms with Crippen molar-refractivity contribution in [1.29, 1.82) is 0 Å². The second-order valence-corrected chi connectivity index (χ2v) is 5.76. The highest BCUT2D eigenvalue weighted by atomic mass is 14.4. The number of hydrogen-bond donors (Lipinski definition) is 0. The highest BCUT2D eigenvalue weighted by molar-refractivity contribution is 4.86. The lowest BCUT2D eigenvalue weighted by Gasteiger charge is -2.43. The summed E-state index contributed by atoms with van der Waals surface area (Å²) >= 11 is 0. The third kappa shape index (κ3) is 2.50. The van der Waals surface area contributed by atoms with Crippen LogP contribution in [0.1, 0.15) is 66.2 Å². The Kier molecular flexibility index (Phi) is 2.85. The second kappa shape index (κ2) is 3.40. The van der Waals surface area contributed by atoms with Crippen molar-refractivity contribution in [2.24, 2.45) is 10.8 Å². The molecule has 1 rings (SSSR count). The molecule has 0 N–H and O–H groups in total. The minimum absolute atomic E-state index is 0.613. The van der Waals surface area contributed by atoms with Gasteiger partial charge in [0.15, 0.2) is 0 Å². The summed E-state index contributed by atoms with van der Waals surface area (Å²) in [5, 5.41) is 0. The van der Waals surface area contributed by atoms with Crippen LogP contribution in [0.25, 0.3) is 0 Å². The molecule has 1 aliphatic rings. The second-order valence-electron chi connectivity index (χ2n) is 5.76. The third-order valence-corrected chi connectivity index (χ3v) is 3.39. The minimum Gasteiger partial charge on any atom is -0.0654 e. The summed E-state index contributed by atoms with van der Waals surface area (Å²) < 4.78 is 0. The van der Waals surface area contributed by atoms with Gasteiger partial charge in [-0.3, -0.25) is 0 Å². The summed E-state index contributed by atoms with van der Waals surface area (Å²) in [6.07, 6.45) is 8.57. The zero-order valence-electron chi connectivity index (χ0n) is 9.24. The Balaban J connectivity index is 2.55. The lowest BCUT2D eigenvalue weighted by atomic mass is 9.63. The summed E-state index contributed by atoms with van der Waals surface area (Å²) in [6.45, 7) is 9.66. The Morgan fingerprint density at radius 1 is 1.08 bits per heavy atom. The van der Waals surface area contributed by atoms with Gasteiger partial charge in [0.1, 0.15) is 0 Å². The van der Waals surface area contributed by atoms with Crippen molar-refractivity contribution in [3.8, 4) is 0 Å². The Hall–Kier alpha value is 0. The van der Waals surface area contributed by atoms with Crippen molar-refractivity contribution in [2.45, 2.75) is 66.2 Å². The fourth-order valence-corrected chi connectivity index (χ4v) is 3.14. The molecule has 0 aromatic carbocycles. The molecular formula is C12H24. The van der Waals surface area contributed by atoms with Crippen LogP contribution in [0.2, 0.25) is 0 Å². The van der Waals surface area contributed by atoms with Crippen LogP contribution in [0, 0.1) is 10.8 Å². The van der Waals surface area contributed by atoms with Crippen molar-refractivity contribution < 1.29 is 0 Å². The Morgan fingerprint density at radius 3 is 2.25 bits per heavy atom. The molecule has 0 aromatic heterocycles. The molecule has 0 saturated heterocycles. The zero-order valence-corrected chi connectivity index (χ0v) is 9.24. The fourth-order valence-electron chi connectivity index (χ4n) is 3.14. The molecule has 1 unspecified atom stereocenters. The summed E-state index contributed by atoms with van der Waals surface area (Å²) in [5.41, 5.74) is 1.28. The van der Waals surface area contributed by atoms with E-state index in [1.165, 1.54) is 38.5 Å².